The molecule has 2 heteroatoms. The molecule has 0 amide bonds. The summed E-state index contributed by atoms with van der Waals surface area (Å²) in [4.78, 5) is 2.45. The quantitative estimate of drug-likeness (QED) is 0.587. The van der Waals surface area contributed by atoms with Crippen LogP contribution in [-0.4, -0.2) is 30.1 Å². The van der Waals surface area contributed by atoms with Crippen molar-refractivity contribution < 1.29 is 0 Å². The highest BCUT2D eigenvalue weighted by Gasteiger charge is 2.24. The molecule has 0 radical (unpaired) electrons. The molecular weight excluding hydrogens is 124 g/mol. The summed E-state index contributed by atoms with van der Waals surface area (Å²) in [5, 5.41) is 0. The second-order valence-corrected chi connectivity index (χ2v) is 3.59. The molecule has 1 heterocycles. The Bertz CT molecular complexity index is 99.8. The van der Waals surface area contributed by atoms with E-state index >= 15 is 0 Å². The fraction of sp³-hybridized carbons (Fsp3) is 1.00. The van der Waals surface area contributed by atoms with Crippen molar-refractivity contribution in [2.24, 2.45) is 5.73 Å². The van der Waals surface area contributed by atoms with Crippen molar-refractivity contribution in [3.8, 4) is 0 Å². The number of hydrogen-bond donors (Lipinski definition) is 1. The van der Waals surface area contributed by atoms with Gasteiger partial charge in [0.2, 0.25) is 0 Å². The first-order valence-corrected chi connectivity index (χ1v) is 4.15. The summed E-state index contributed by atoms with van der Waals surface area (Å²) in [6, 6.07) is 0. The van der Waals surface area contributed by atoms with Crippen LogP contribution in [0.5, 0.6) is 0 Å². The van der Waals surface area contributed by atoms with Gasteiger partial charge in [0.15, 0.2) is 0 Å². The first kappa shape index (κ1) is 8.02. The van der Waals surface area contributed by atoms with Gasteiger partial charge in [-0.3, -0.25) is 0 Å². The van der Waals surface area contributed by atoms with Crippen molar-refractivity contribution in [1.29, 1.82) is 0 Å². The summed E-state index contributed by atoms with van der Waals surface area (Å²) in [7, 11) is 0. The summed E-state index contributed by atoms with van der Waals surface area (Å²) in [6.07, 6.45) is 2.31. The molecule has 0 saturated carbocycles. The predicted molar refractivity (Wildman–Crippen MR) is 43.9 cm³/mol. The van der Waals surface area contributed by atoms with Crippen LogP contribution in [0, 0.1) is 0 Å². The van der Waals surface area contributed by atoms with Gasteiger partial charge >= 0.3 is 0 Å². The van der Waals surface area contributed by atoms with E-state index in [4.69, 9.17) is 5.73 Å². The molecular formula is C8H18N2. The SMILES string of the molecule is CCN1CCC(C)(N)CC1. The molecule has 0 aromatic carbocycles. The molecule has 0 aromatic heterocycles. The van der Waals surface area contributed by atoms with Crippen molar-refractivity contribution >= 4 is 0 Å². The summed E-state index contributed by atoms with van der Waals surface area (Å²) in [6.45, 7) is 7.91. The molecule has 0 aromatic rings. The lowest BCUT2D eigenvalue weighted by Crippen LogP contribution is -2.47. The third kappa shape index (κ3) is 1.96. The maximum atomic E-state index is 5.97. The van der Waals surface area contributed by atoms with Crippen molar-refractivity contribution in [2.75, 3.05) is 19.6 Å². The van der Waals surface area contributed by atoms with E-state index < -0.39 is 0 Å². The van der Waals surface area contributed by atoms with Crippen LogP contribution in [0.15, 0.2) is 0 Å². The molecule has 0 spiro atoms. The number of piperidine rings is 1. The monoisotopic (exact) mass is 142 g/mol. The molecule has 0 aliphatic carbocycles. The van der Waals surface area contributed by atoms with Gasteiger partial charge in [-0.15, -0.1) is 0 Å². The molecule has 2 N–H and O–H groups in total. The third-order valence-electron chi connectivity index (χ3n) is 2.45. The molecule has 2 nitrogen and oxygen atoms in total. The Morgan fingerprint density at radius 2 is 1.90 bits per heavy atom. The average Bonchev–Trinajstić information content (AvgIpc) is 1.88. The fourth-order valence-electron chi connectivity index (χ4n) is 1.38. The van der Waals surface area contributed by atoms with E-state index in [-0.39, 0.29) is 5.54 Å². The molecule has 0 bridgehead atoms. The van der Waals surface area contributed by atoms with Crippen molar-refractivity contribution in [3.05, 3.63) is 0 Å². The molecule has 0 atom stereocenters. The third-order valence-corrected chi connectivity index (χ3v) is 2.45. The highest BCUT2D eigenvalue weighted by Crippen LogP contribution is 2.17. The van der Waals surface area contributed by atoms with Crippen LogP contribution >= 0.6 is 0 Å². The lowest BCUT2D eigenvalue weighted by molar-refractivity contribution is 0.179. The van der Waals surface area contributed by atoms with Crippen LogP contribution < -0.4 is 5.73 Å². The Balaban J connectivity index is 2.31. The lowest BCUT2D eigenvalue weighted by Gasteiger charge is -2.36. The Hall–Kier alpha value is -0.0800. The first-order valence-electron chi connectivity index (χ1n) is 4.15. The van der Waals surface area contributed by atoms with E-state index in [1.54, 1.807) is 0 Å². The van der Waals surface area contributed by atoms with Crippen LogP contribution in [0.1, 0.15) is 26.7 Å². The van der Waals surface area contributed by atoms with Gasteiger partial charge in [0.05, 0.1) is 0 Å². The Morgan fingerprint density at radius 1 is 1.40 bits per heavy atom. The van der Waals surface area contributed by atoms with Gasteiger partial charge < -0.3 is 10.6 Å². The minimum atomic E-state index is 0.117. The average molecular weight is 142 g/mol. The van der Waals surface area contributed by atoms with E-state index in [0.29, 0.717) is 0 Å². The molecule has 1 aliphatic rings. The van der Waals surface area contributed by atoms with Crippen LogP contribution in [0.2, 0.25) is 0 Å². The molecule has 0 unspecified atom stereocenters. The summed E-state index contributed by atoms with van der Waals surface area (Å²) < 4.78 is 0. The van der Waals surface area contributed by atoms with Gasteiger partial charge in [-0.2, -0.15) is 0 Å². The Morgan fingerprint density at radius 3 is 2.30 bits per heavy atom. The van der Waals surface area contributed by atoms with Crippen LogP contribution in [0.3, 0.4) is 0 Å². The Labute approximate surface area is 63.4 Å². The van der Waals surface area contributed by atoms with E-state index in [9.17, 15) is 0 Å². The number of rotatable bonds is 1. The van der Waals surface area contributed by atoms with Crippen LogP contribution in [0.4, 0.5) is 0 Å². The second-order valence-electron chi connectivity index (χ2n) is 3.59. The number of nitrogens with two attached hydrogens (primary N) is 1. The van der Waals surface area contributed by atoms with Crippen LogP contribution in [-0.2, 0) is 0 Å². The molecule has 1 aliphatic heterocycles. The van der Waals surface area contributed by atoms with Crippen molar-refractivity contribution in [1.82, 2.24) is 4.90 Å². The fourth-order valence-corrected chi connectivity index (χ4v) is 1.38. The zero-order chi connectivity index (χ0) is 7.61. The number of nitrogens with zero attached hydrogens (tertiary/aromatic N) is 1. The highest BCUT2D eigenvalue weighted by molar-refractivity contribution is 4.85. The zero-order valence-electron chi connectivity index (χ0n) is 7.06. The van der Waals surface area contributed by atoms with Gasteiger partial charge in [-0.25, -0.2) is 0 Å². The van der Waals surface area contributed by atoms with Gasteiger partial charge in [0.25, 0.3) is 0 Å². The normalized spacial score (nSPS) is 26.7. The summed E-state index contributed by atoms with van der Waals surface area (Å²) in [5.41, 5.74) is 6.08. The van der Waals surface area contributed by atoms with Gasteiger partial charge in [0.1, 0.15) is 0 Å². The summed E-state index contributed by atoms with van der Waals surface area (Å²) >= 11 is 0. The largest absolute Gasteiger partial charge is 0.325 e. The molecule has 60 valence electrons. The second kappa shape index (κ2) is 2.89. The standard InChI is InChI=1S/C8H18N2/c1-3-10-6-4-8(2,9)5-7-10/h3-7,9H2,1-2H3. The van der Waals surface area contributed by atoms with Crippen molar-refractivity contribution in [3.63, 3.8) is 0 Å². The van der Waals surface area contributed by atoms with Crippen molar-refractivity contribution in [2.45, 2.75) is 32.2 Å². The first-order chi connectivity index (χ1) is 4.64. The van der Waals surface area contributed by atoms with Gasteiger partial charge in [0, 0.05) is 5.54 Å². The maximum absolute atomic E-state index is 5.97. The molecule has 1 saturated heterocycles. The van der Waals surface area contributed by atoms with E-state index in [1.807, 2.05) is 0 Å². The van der Waals surface area contributed by atoms with E-state index in [2.05, 4.69) is 18.7 Å². The number of hydrogen-bond acceptors (Lipinski definition) is 2. The molecule has 1 rings (SSSR count). The highest BCUT2D eigenvalue weighted by atomic mass is 15.1. The van der Waals surface area contributed by atoms with Gasteiger partial charge in [-0.1, -0.05) is 6.92 Å². The predicted octanol–water partition coefficient (Wildman–Crippen LogP) is 0.819. The Kier molecular flexibility index (Phi) is 2.32. The topological polar surface area (TPSA) is 29.3 Å². The maximum Gasteiger partial charge on any atom is 0.0150 e. The zero-order valence-corrected chi connectivity index (χ0v) is 7.06. The minimum absolute atomic E-state index is 0.117. The summed E-state index contributed by atoms with van der Waals surface area (Å²) in [5.74, 6) is 0. The smallest absolute Gasteiger partial charge is 0.0150 e. The van der Waals surface area contributed by atoms with Crippen LogP contribution in [0.25, 0.3) is 0 Å². The minimum Gasteiger partial charge on any atom is -0.325 e. The van der Waals surface area contributed by atoms with E-state index in [1.165, 1.54) is 19.6 Å². The molecule has 1 fully saturated rings. The molecule has 10 heavy (non-hydrogen) atoms. The van der Waals surface area contributed by atoms with Gasteiger partial charge in [-0.05, 0) is 39.4 Å². The lowest BCUT2D eigenvalue weighted by atomic mass is 9.91. The van der Waals surface area contributed by atoms with E-state index in [0.717, 1.165) is 12.8 Å². The number of likely N-dealkylation sites (tertiary alicyclic amines) is 1.